The molecule has 0 fully saturated rings. The monoisotopic (exact) mass is 324 g/mol. The van der Waals surface area contributed by atoms with Crippen LogP contribution in [0.2, 0.25) is 5.02 Å². The van der Waals surface area contributed by atoms with Crippen molar-refractivity contribution < 1.29 is 0 Å². The predicted octanol–water partition coefficient (Wildman–Crippen LogP) is 7.08. The first-order valence-electron chi connectivity index (χ1n) is 6.74. The van der Waals surface area contributed by atoms with Crippen LogP contribution in [0.3, 0.4) is 0 Å². The summed E-state index contributed by atoms with van der Waals surface area (Å²) in [5.74, 6) is 0. The zero-order valence-corrected chi connectivity index (χ0v) is 13.3. The molecule has 0 bridgehead atoms. The van der Waals surface area contributed by atoms with Gasteiger partial charge in [0.1, 0.15) is 0 Å². The lowest BCUT2D eigenvalue weighted by atomic mass is 10.1. The highest BCUT2D eigenvalue weighted by Crippen LogP contribution is 2.46. The molecule has 5 rings (SSSR count). The molecule has 3 aromatic carbocycles. The number of fused-ring (bicyclic) bond motifs is 6. The molecule has 0 saturated carbocycles. The summed E-state index contributed by atoms with van der Waals surface area (Å²) in [5.41, 5.74) is 0. The zero-order valence-electron chi connectivity index (χ0n) is 10.9. The Morgan fingerprint density at radius 2 is 1.33 bits per heavy atom. The first kappa shape index (κ1) is 12.0. The Labute approximate surface area is 134 Å². The van der Waals surface area contributed by atoms with Crippen molar-refractivity contribution in [1.29, 1.82) is 0 Å². The third-order valence-corrected chi connectivity index (χ3v) is 6.76. The van der Waals surface area contributed by atoms with E-state index < -0.39 is 0 Å². The van der Waals surface area contributed by atoms with Crippen LogP contribution in [-0.2, 0) is 0 Å². The molecule has 100 valence electrons. The SMILES string of the molecule is Clc1c2sc3ccccc3c2cc2sc3ccccc3c12. The molecule has 5 aromatic rings. The largest absolute Gasteiger partial charge is 0.135 e. The number of hydrogen-bond donors (Lipinski definition) is 0. The van der Waals surface area contributed by atoms with E-state index in [0.29, 0.717) is 0 Å². The molecule has 0 saturated heterocycles. The Balaban J connectivity index is 2.10. The molecule has 0 atom stereocenters. The Hall–Kier alpha value is -1.61. The Morgan fingerprint density at radius 3 is 2.14 bits per heavy atom. The van der Waals surface area contributed by atoms with Crippen LogP contribution in [0.15, 0.2) is 54.6 Å². The summed E-state index contributed by atoms with van der Waals surface area (Å²) in [6, 6.07) is 19.3. The van der Waals surface area contributed by atoms with Gasteiger partial charge in [0.25, 0.3) is 0 Å². The first-order chi connectivity index (χ1) is 10.3. The Bertz CT molecular complexity index is 1140. The van der Waals surface area contributed by atoms with Gasteiger partial charge >= 0.3 is 0 Å². The van der Waals surface area contributed by atoms with Crippen molar-refractivity contribution in [1.82, 2.24) is 0 Å². The highest BCUT2D eigenvalue weighted by atomic mass is 35.5. The van der Waals surface area contributed by atoms with E-state index >= 15 is 0 Å². The predicted molar refractivity (Wildman–Crippen MR) is 97.2 cm³/mol. The van der Waals surface area contributed by atoms with Crippen LogP contribution in [0.5, 0.6) is 0 Å². The van der Waals surface area contributed by atoms with E-state index in [-0.39, 0.29) is 0 Å². The third kappa shape index (κ3) is 1.55. The Kier molecular flexibility index (Phi) is 2.40. The molecule has 0 aliphatic carbocycles. The summed E-state index contributed by atoms with van der Waals surface area (Å²) >= 11 is 10.4. The third-order valence-electron chi connectivity index (χ3n) is 3.95. The second-order valence-corrected chi connectivity index (χ2v) is 7.65. The molecular weight excluding hydrogens is 316 g/mol. The van der Waals surface area contributed by atoms with Gasteiger partial charge in [-0.3, -0.25) is 0 Å². The highest BCUT2D eigenvalue weighted by Gasteiger charge is 2.15. The van der Waals surface area contributed by atoms with Gasteiger partial charge in [-0.1, -0.05) is 48.0 Å². The van der Waals surface area contributed by atoms with Gasteiger partial charge in [0.05, 0.1) is 9.72 Å². The average molecular weight is 325 g/mol. The van der Waals surface area contributed by atoms with Crippen LogP contribution in [0.25, 0.3) is 40.3 Å². The van der Waals surface area contributed by atoms with E-state index in [1.807, 2.05) is 11.3 Å². The van der Waals surface area contributed by atoms with Gasteiger partial charge in [-0.25, -0.2) is 0 Å². The zero-order chi connectivity index (χ0) is 14.0. The number of halogens is 1. The van der Waals surface area contributed by atoms with Crippen LogP contribution < -0.4 is 0 Å². The quantitative estimate of drug-likeness (QED) is 0.285. The number of hydrogen-bond acceptors (Lipinski definition) is 2. The van der Waals surface area contributed by atoms with Crippen LogP contribution >= 0.6 is 34.3 Å². The van der Waals surface area contributed by atoms with Crippen LogP contribution in [-0.4, -0.2) is 0 Å². The molecule has 3 heteroatoms. The lowest BCUT2D eigenvalue weighted by Gasteiger charge is -1.98. The van der Waals surface area contributed by atoms with Gasteiger partial charge in [0.15, 0.2) is 0 Å². The van der Waals surface area contributed by atoms with E-state index in [9.17, 15) is 0 Å². The fourth-order valence-corrected chi connectivity index (χ4v) is 5.77. The second-order valence-electron chi connectivity index (χ2n) is 5.14. The van der Waals surface area contributed by atoms with Gasteiger partial charge in [-0.15, -0.1) is 22.7 Å². The van der Waals surface area contributed by atoms with Gasteiger partial charge in [0, 0.05) is 35.6 Å². The smallest absolute Gasteiger partial charge is 0.0677 e. The average Bonchev–Trinajstić information content (AvgIpc) is 3.06. The molecule has 0 N–H and O–H groups in total. The molecule has 2 aromatic heterocycles. The fraction of sp³-hybridized carbons (Fsp3) is 0. The van der Waals surface area contributed by atoms with E-state index in [0.717, 1.165) is 5.02 Å². The minimum atomic E-state index is 0.904. The molecule has 0 radical (unpaired) electrons. The van der Waals surface area contributed by atoms with E-state index in [2.05, 4.69) is 54.6 Å². The summed E-state index contributed by atoms with van der Waals surface area (Å²) in [6.45, 7) is 0. The van der Waals surface area contributed by atoms with Gasteiger partial charge in [-0.05, 0) is 18.2 Å². The second kappa shape index (κ2) is 4.20. The molecule has 0 spiro atoms. The summed E-state index contributed by atoms with van der Waals surface area (Å²) in [6.07, 6.45) is 0. The van der Waals surface area contributed by atoms with Crippen LogP contribution in [0.1, 0.15) is 0 Å². The molecular formula is C18H9ClS2. The minimum Gasteiger partial charge on any atom is -0.135 e. The maximum Gasteiger partial charge on any atom is 0.0677 e. The fourth-order valence-electron chi connectivity index (χ4n) is 3.01. The topological polar surface area (TPSA) is 0 Å². The van der Waals surface area contributed by atoms with Gasteiger partial charge < -0.3 is 0 Å². The van der Waals surface area contributed by atoms with Crippen molar-refractivity contribution in [3.8, 4) is 0 Å². The maximum atomic E-state index is 6.78. The maximum absolute atomic E-state index is 6.78. The Morgan fingerprint density at radius 1 is 0.667 bits per heavy atom. The minimum absolute atomic E-state index is 0.904. The van der Waals surface area contributed by atoms with E-state index in [4.69, 9.17) is 11.6 Å². The summed E-state index contributed by atoms with van der Waals surface area (Å²) in [7, 11) is 0. The van der Waals surface area contributed by atoms with Gasteiger partial charge in [-0.2, -0.15) is 0 Å². The standard InChI is InChI=1S/C18H9ClS2/c19-17-16-11-6-2-4-8-14(11)20-15(16)9-12-10-5-1-3-7-13(10)21-18(12)17/h1-9H. The normalized spacial score (nSPS) is 12.0. The van der Waals surface area contributed by atoms with Crippen molar-refractivity contribution in [2.24, 2.45) is 0 Å². The van der Waals surface area contributed by atoms with Crippen LogP contribution in [0.4, 0.5) is 0 Å². The number of thiophene rings is 2. The summed E-state index contributed by atoms with van der Waals surface area (Å²) in [5, 5.41) is 5.96. The molecule has 21 heavy (non-hydrogen) atoms. The van der Waals surface area contributed by atoms with E-state index in [1.54, 1.807) is 11.3 Å². The van der Waals surface area contributed by atoms with Crippen LogP contribution in [0, 0.1) is 0 Å². The lowest BCUT2D eigenvalue weighted by molar-refractivity contribution is 1.86. The molecule has 0 nitrogen and oxygen atoms in total. The lowest BCUT2D eigenvalue weighted by Crippen LogP contribution is -1.71. The molecule has 0 amide bonds. The summed E-state index contributed by atoms with van der Waals surface area (Å²) in [4.78, 5) is 0. The van der Waals surface area contributed by atoms with Crippen molar-refractivity contribution in [3.05, 3.63) is 59.6 Å². The van der Waals surface area contributed by atoms with Crippen molar-refractivity contribution >= 4 is 74.6 Å². The van der Waals surface area contributed by atoms with Gasteiger partial charge in [0.2, 0.25) is 0 Å². The van der Waals surface area contributed by atoms with Crippen molar-refractivity contribution in [2.75, 3.05) is 0 Å². The molecule has 2 heterocycles. The van der Waals surface area contributed by atoms with E-state index in [1.165, 1.54) is 40.3 Å². The number of rotatable bonds is 0. The molecule has 0 aliphatic heterocycles. The summed E-state index contributed by atoms with van der Waals surface area (Å²) < 4.78 is 5.08. The molecule has 0 unspecified atom stereocenters. The number of benzene rings is 3. The van der Waals surface area contributed by atoms with Crippen molar-refractivity contribution in [3.63, 3.8) is 0 Å². The highest BCUT2D eigenvalue weighted by molar-refractivity contribution is 7.28. The first-order valence-corrected chi connectivity index (χ1v) is 8.75. The van der Waals surface area contributed by atoms with Crippen molar-refractivity contribution in [2.45, 2.75) is 0 Å². The molecule has 0 aliphatic rings.